The lowest BCUT2D eigenvalue weighted by molar-refractivity contribution is -0.384. The van der Waals surface area contributed by atoms with E-state index in [-0.39, 0.29) is 17.1 Å². The second-order valence-electron chi connectivity index (χ2n) is 4.62. The van der Waals surface area contributed by atoms with Gasteiger partial charge in [-0.25, -0.2) is 17.9 Å². The summed E-state index contributed by atoms with van der Waals surface area (Å²) in [6.07, 6.45) is 0. The van der Waals surface area contributed by atoms with Crippen molar-refractivity contribution in [3.8, 4) is 5.75 Å². The third kappa shape index (κ3) is 3.93. The van der Waals surface area contributed by atoms with Crippen LogP contribution >= 0.6 is 0 Å². The predicted molar refractivity (Wildman–Crippen MR) is 79.9 cm³/mol. The molecule has 0 aliphatic rings. The van der Waals surface area contributed by atoms with E-state index in [1.165, 1.54) is 12.1 Å². The normalized spacial score (nSPS) is 11.2. The van der Waals surface area contributed by atoms with Crippen LogP contribution in [-0.2, 0) is 16.6 Å². The maximum atomic E-state index is 13.2. The van der Waals surface area contributed by atoms with E-state index in [0.717, 1.165) is 24.3 Å². The number of nitro groups is 1. The molecule has 122 valence electrons. The molecule has 23 heavy (non-hydrogen) atoms. The first-order valence-corrected chi connectivity index (χ1v) is 7.75. The van der Waals surface area contributed by atoms with Gasteiger partial charge in [0, 0.05) is 12.6 Å². The Kier molecular flexibility index (Phi) is 4.48. The summed E-state index contributed by atoms with van der Waals surface area (Å²) in [5, 5.41) is 27.8. The zero-order chi connectivity index (χ0) is 17.2. The molecule has 0 aliphatic heterocycles. The Balaban J connectivity index is 2.28. The fraction of sp³-hybridized carbons (Fsp3) is 0.0769. The number of nitro benzene ring substituents is 1. The highest BCUT2D eigenvalue weighted by molar-refractivity contribution is 7.89. The lowest BCUT2D eigenvalue weighted by atomic mass is 10.2. The van der Waals surface area contributed by atoms with E-state index in [1.807, 2.05) is 0 Å². The molecule has 0 spiro atoms. The Morgan fingerprint density at radius 1 is 1.26 bits per heavy atom. The number of nitrogens with one attached hydrogen (secondary N) is 1. The van der Waals surface area contributed by atoms with Crippen LogP contribution in [0.1, 0.15) is 5.56 Å². The molecular weight excluding hydrogens is 329 g/mol. The zero-order valence-electron chi connectivity index (χ0n) is 11.6. The number of anilines is 1. The molecule has 0 saturated carbocycles. The largest absolute Gasteiger partial charge is 0.505 e. The predicted octanol–water partition coefficient (Wildman–Crippen LogP) is 1.70. The fourth-order valence-electron chi connectivity index (χ4n) is 1.85. The molecule has 8 nitrogen and oxygen atoms in total. The van der Waals surface area contributed by atoms with Gasteiger partial charge in [-0.2, -0.15) is 0 Å². The van der Waals surface area contributed by atoms with Crippen molar-refractivity contribution in [1.29, 1.82) is 0 Å². The lowest BCUT2D eigenvalue weighted by Crippen LogP contribution is -2.13. The maximum absolute atomic E-state index is 13.2. The second kappa shape index (κ2) is 6.18. The van der Waals surface area contributed by atoms with Crippen LogP contribution < -0.4 is 10.5 Å². The third-order valence-electron chi connectivity index (χ3n) is 2.99. The van der Waals surface area contributed by atoms with E-state index in [0.29, 0.717) is 5.56 Å². The minimum atomic E-state index is -4.06. The second-order valence-corrected chi connectivity index (χ2v) is 6.18. The van der Waals surface area contributed by atoms with Crippen LogP contribution in [0.15, 0.2) is 41.3 Å². The summed E-state index contributed by atoms with van der Waals surface area (Å²) in [6, 6.07) is 6.85. The molecule has 0 bridgehead atoms. The van der Waals surface area contributed by atoms with Gasteiger partial charge >= 0.3 is 0 Å². The van der Waals surface area contributed by atoms with Gasteiger partial charge in [-0.3, -0.25) is 10.1 Å². The van der Waals surface area contributed by atoms with E-state index in [2.05, 4.69) is 5.32 Å². The van der Waals surface area contributed by atoms with E-state index in [4.69, 9.17) is 10.2 Å². The van der Waals surface area contributed by atoms with Crippen LogP contribution in [0.25, 0.3) is 0 Å². The van der Waals surface area contributed by atoms with Crippen molar-refractivity contribution >= 4 is 21.4 Å². The van der Waals surface area contributed by atoms with Gasteiger partial charge in [-0.1, -0.05) is 6.07 Å². The Labute approximate surface area is 130 Å². The van der Waals surface area contributed by atoms with Crippen molar-refractivity contribution in [2.45, 2.75) is 11.4 Å². The summed E-state index contributed by atoms with van der Waals surface area (Å²) in [6.45, 7) is 0.0345. The average molecular weight is 341 g/mol. The van der Waals surface area contributed by atoms with Gasteiger partial charge < -0.3 is 10.4 Å². The molecule has 4 N–H and O–H groups in total. The Morgan fingerprint density at radius 3 is 2.52 bits per heavy atom. The number of benzene rings is 2. The van der Waals surface area contributed by atoms with Gasteiger partial charge in [0.05, 0.1) is 9.82 Å². The van der Waals surface area contributed by atoms with Crippen LogP contribution in [0.3, 0.4) is 0 Å². The number of sulfonamides is 1. The topological polar surface area (TPSA) is 136 Å². The first-order chi connectivity index (χ1) is 10.7. The first-order valence-electron chi connectivity index (χ1n) is 6.21. The Hall–Kier alpha value is -2.72. The molecular formula is C13H12FN3O5S. The van der Waals surface area contributed by atoms with E-state index < -0.39 is 32.2 Å². The van der Waals surface area contributed by atoms with Crippen LogP contribution in [0, 0.1) is 15.9 Å². The highest BCUT2D eigenvalue weighted by Crippen LogP contribution is 2.28. The number of hydrogen-bond donors (Lipinski definition) is 3. The Bertz CT molecular complexity index is 870. The standard InChI is InChI=1S/C13H12FN3O5S/c14-10-5-8(1-4-13(10)18)7-16-11-3-2-9(23(15,21)22)6-12(11)17(19)20/h1-6,16,18H,7H2,(H2,15,21,22). The van der Waals surface area contributed by atoms with Gasteiger partial charge in [-0.05, 0) is 29.8 Å². The van der Waals surface area contributed by atoms with Gasteiger partial charge in [-0.15, -0.1) is 0 Å². The van der Waals surface area contributed by atoms with Crippen LogP contribution in [0.2, 0.25) is 0 Å². The van der Waals surface area contributed by atoms with Gasteiger partial charge in [0.25, 0.3) is 5.69 Å². The molecule has 0 unspecified atom stereocenters. The highest BCUT2D eigenvalue weighted by atomic mass is 32.2. The summed E-state index contributed by atoms with van der Waals surface area (Å²) >= 11 is 0. The minimum Gasteiger partial charge on any atom is -0.505 e. The molecule has 0 amide bonds. The average Bonchev–Trinajstić information content (AvgIpc) is 2.47. The van der Waals surface area contributed by atoms with E-state index >= 15 is 0 Å². The third-order valence-corrected chi connectivity index (χ3v) is 3.90. The molecule has 10 heteroatoms. The maximum Gasteiger partial charge on any atom is 0.293 e. The molecule has 2 rings (SSSR count). The molecule has 2 aromatic carbocycles. The number of phenolic OH excluding ortho intramolecular Hbond substituents is 1. The number of phenols is 1. The zero-order valence-corrected chi connectivity index (χ0v) is 12.4. The number of halogens is 1. The number of nitrogens with two attached hydrogens (primary N) is 1. The van der Waals surface area contributed by atoms with Crippen LogP contribution in [0.5, 0.6) is 5.75 Å². The summed E-state index contributed by atoms with van der Waals surface area (Å²) in [4.78, 5) is 9.91. The number of rotatable bonds is 5. The lowest BCUT2D eigenvalue weighted by Gasteiger charge is -2.09. The summed E-state index contributed by atoms with van der Waals surface area (Å²) in [5.41, 5.74) is 0.0109. The van der Waals surface area contributed by atoms with Crippen molar-refractivity contribution in [1.82, 2.24) is 0 Å². The minimum absolute atomic E-state index is 0.0345. The van der Waals surface area contributed by atoms with Crippen molar-refractivity contribution in [3.63, 3.8) is 0 Å². The van der Waals surface area contributed by atoms with E-state index in [9.17, 15) is 22.9 Å². The molecule has 0 fully saturated rings. The molecule has 0 aliphatic carbocycles. The van der Waals surface area contributed by atoms with Crippen molar-refractivity contribution < 1.29 is 22.8 Å². The molecule has 0 radical (unpaired) electrons. The summed E-state index contributed by atoms with van der Waals surface area (Å²) in [5.74, 6) is -1.32. The SMILES string of the molecule is NS(=O)(=O)c1ccc(NCc2ccc(O)c(F)c2)c([N+](=O)[O-])c1. The van der Waals surface area contributed by atoms with Gasteiger partial charge in [0.15, 0.2) is 11.6 Å². The number of nitrogens with zero attached hydrogens (tertiary/aromatic N) is 1. The smallest absolute Gasteiger partial charge is 0.293 e. The highest BCUT2D eigenvalue weighted by Gasteiger charge is 2.19. The number of aromatic hydroxyl groups is 1. The molecule has 0 aromatic heterocycles. The van der Waals surface area contributed by atoms with E-state index in [1.54, 1.807) is 0 Å². The summed E-state index contributed by atoms with van der Waals surface area (Å²) in [7, 11) is -4.06. The molecule has 0 saturated heterocycles. The number of primary sulfonamides is 1. The quantitative estimate of drug-likeness (QED) is 0.559. The molecule has 0 heterocycles. The molecule has 0 atom stereocenters. The first kappa shape index (κ1) is 16.6. The molecule has 2 aromatic rings. The monoisotopic (exact) mass is 341 g/mol. The van der Waals surface area contributed by atoms with Crippen molar-refractivity contribution in [2.24, 2.45) is 5.14 Å². The van der Waals surface area contributed by atoms with Gasteiger partial charge in [0.1, 0.15) is 5.69 Å². The Morgan fingerprint density at radius 2 is 1.96 bits per heavy atom. The van der Waals surface area contributed by atoms with Crippen LogP contribution in [-0.4, -0.2) is 18.4 Å². The summed E-state index contributed by atoms with van der Waals surface area (Å²) < 4.78 is 35.7. The van der Waals surface area contributed by atoms with Crippen LogP contribution in [0.4, 0.5) is 15.8 Å². The van der Waals surface area contributed by atoms with Crippen molar-refractivity contribution in [2.75, 3.05) is 5.32 Å². The van der Waals surface area contributed by atoms with Crippen molar-refractivity contribution in [3.05, 3.63) is 57.9 Å². The fourth-order valence-corrected chi connectivity index (χ4v) is 2.38. The van der Waals surface area contributed by atoms with Gasteiger partial charge in [0.2, 0.25) is 10.0 Å². The number of hydrogen-bond acceptors (Lipinski definition) is 6.